The van der Waals surface area contributed by atoms with E-state index in [1.165, 1.54) is 0 Å². The van der Waals surface area contributed by atoms with Gasteiger partial charge in [-0.3, -0.25) is 0 Å². The van der Waals surface area contributed by atoms with Crippen LogP contribution in [0, 0.1) is 0 Å². The Labute approximate surface area is 85.4 Å². The molecule has 0 aliphatic carbocycles. The molecule has 0 saturated heterocycles. The van der Waals surface area contributed by atoms with Crippen molar-refractivity contribution in [3.63, 3.8) is 0 Å². The predicted octanol–water partition coefficient (Wildman–Crippen LogP) is 2.50. The second-order valence-corrected chi connectivity index (χ2v) is 3.93. The summed E-state index contributed by atoms with van der Waals surface area (Å²) in [7, 11) is 1.61. The summed E-state index contributed by atoms with van der Waals surface area (Å²) in [5, 5.41) is 0. The molecule has 0 atom stereocenters. The van der Waals surface area contributed by atoms with Crippen LogP contribution in [-0.4, -0.2) is 7.11 Å². The van der Waals surface area contributed by atoms with Gasteiger partial charge in [0.05, 0.1) is 7.11 Å². The average molecular weight is 191 g/mol. The van der Waals surface area contributed by atoms with Crippen LogP contribution in [0.3, 0.4) is 0 Å². The molecule has 0 spiro atoms. The lowest BCUT2D eigenvalue weighted by molar-refractivity contribution is 0.371. The number of hydrogen-bond donors (Lipinski definition) is 1. The zero-order chi connectivity index (χ0) is 10.8. The molecule has 0 fully saturated rings. The van der Waals surface area contributed by atoms with Crippen LogP contribution in [0.15, 0.2) is 30.8 Å². The molecule has 1 rings (SSSR count). The second kappa shape index (κ2) is 3.84. The lowest BCUT2D eigenvalue weighted by atomic mass is 9.95. The van der Waals surface area contributed by atoms with Crippen molar-refractivity contribution in [2.45, 2.75) is 19.4 Å². The minimum Gasteiger partial charge on any atom is -0.497 e. The fourth-order valence-electron chi connectivity index (χ4n) is 1.20. The molecule has 0 unspecified atom stereocenters. The molecule has 1 aromatic rings. The summed E-state index contributed by atoms with van der Waals surface area (Å²) in [5.74, 6) is 0.673. The Morgan fingerprint density at radius 3 is 2.14 bits per heavy atom. The first-order valence-corrected chi connectivity index (χ1v) is 4.58. The van der Waals surface area contributed by atoms with Gasteiger partial charge in [0.25, 0.3) is 0 Å². The minimum absolute atomic E-state index is 0.299. The molecule has 0 bridgehead atoms. The van der Waals surface area contributed by atoms with E-state index >= 15 is 0 Å². The van der Waals surface area contributed by atoms with Gasteiger partial charge in [0, 0.05) is 11.1 Å². The Morgan fingerprint density at radius 1 is 1.29 bits per heavy atom. The van der Waals surface area contributed by atoms with Crippen LogP contribution < -0.4 is 5.73 Å². The van der Waals surface area contributed by atoms with Crippen LogP contribution in [0.4, 0.5) is 0 Å². The Bertz CT molecular complexity index is 319. The Hall–Kier alpha value is -1.28. The first kappa shape index (κ1) is 10.8. The quantitative estimate of drug-likeness (QED) is 0.745. The number of hydrogen-bond acceptors (Lipinski definition) is 2. The van der Waals surface area contributed by atoms with E-state index in [-0.39, 0.29) is 5.54 Å². The van der Waals surface area contributed by atoms with Crippen LogP contribution >= 0.6 is 0 Å². The summed E-state index contributed by atoms with van der Waals surface area (Å²) in [6, 6.07) is 7.94. The van der Waals surface area contributed by atoms with E-state index in [9.17, 15) is 0 Å². The van der Waals surface area contributed by atoms with Gasteiger partial charge in [-0.05, 0) is 19.4 Å². The van der Waals surface area contributed by atoms with Crippen molar-refractivity contribution in [3.05, 3.63) is 42.0 Å². The van der Waals surface area contributed by atoms with E-state index in [4.69, 9.17) is 10.5 Å². The molecule has 2 nitrogen and oxygen atoms in total. The van der Waals surface area contributed by atoms with Gasteiger partial charge < -0.3 is 10.5 Å². The van der Waals surface area contributed by atoms with Crippen molar-refractivity contribution in [1.82, 2.24) is 0 Å². The van der Waals surface area contributed by atoms with Crippen molar-refractivity contribution in [1.29, 1.82) is 0 Å². The molecule has 14 heavy (non-hydrogen) atoms. The Morgan fingerprint density at radius 2 is 1.79 bits per heavy atom. The molecule has 2 N–H and O–H groups in total. The molecule has 2 heteroatoms. The maximum absolute atomic E-state index is 5.96. The maximum atomic E-state index is 5.96. The highest BCUT2D eigenvalue weighted by Crippen LogP contribution is 2.20. The van der Waals surface area contributed by atoms with Crippen molar-refractivity contribution in [2.75, 3.05) is 7.11 Å². The van der Waals surface area contributed by atoms with E-state index in [1.54, 1.807) is 7.11 Å². The molecule has 0 aliphatic heterocycles. The molecule has 0 aromatic heterocycles. The topological polar surface area (TPSA) is 35.2 Å². The molecule has 0 radical (unpaired) electrons. The van der Waals surface area contributed by atoms with Crippen molar-refractivity contribution >= 4 is 5.76 Å². The highest BCUT2D eigenvalue weighted by molar-refractivity contribution is 5.57. The van der Waals surface area contributed by atoms with E-state index in [0.29, 0.717) is 5.76 Å². The third-order valence-corrected chi connectivity index (χ3v) is 2.20. The maximum Gasteiger partial charge on any atom is 0.118 e. The summed E-state index contributed by atoms with van der Waals surface area (Å²) in [4.78, 5) is 0. The summed E-state index contributed by atoms with van der Waals surface area (Å²) < 4.78 is 5.04. The molecule has 0 saturated carbocycles. The summed E-state index contributed by atoms with van der Waals surface area (Å²) in [6.07, 6.45) is 0. The lowest BCUT2D eigenvalue weighted by Gasteiger charge is -2.19. The highest BCUT2D eigenvalue weighted by Gasteiger charge is 2.13. The van der Waals surface area contributed by atoms with Crippen molar-refractivity contribution in [3.8, 4) is 0 Å². The lowest BCUT2D eigenvalue weighted by Crippen LogP contribution is -2.28. The fourth-order valence-corrected chi connectivity index (χ4v) is 1.20. The molecule has 1 aromatic carbocycles. The van der Waals surface area contributed by atoms with Gasteiger partial charge in [-0.25, -0.2) is 0 Å². The zero-order valence-corrected chi connectivity index (χ0v) is 9.00. The van der Waals surface area contributed by atoms with E-state index < -0.39 is 0 Å². The number of ether oxygens (including phenoxy) is 1. The summed E-state index contributed by atoms with van der Waals surface area (Å²) >= 11 is 0. The Kier molecular flexibility index (Phi) is 2.96. The Balaban J connectivity index is 2.95. The average Bonchev–Trinajstić information content (AvgIpc) is 2.15. The molecule has 0 amide bonds. The van der Waals surface area contributed by atoms with Gasteiger partial charge in [0.2, 0.25) is 0 Å². The van der Waals surface area contributed by atoms with Crippen molar-refractivity contribution < 1.29 is 4.74 Å². The van der Waals surface area contributed by atoms with E-state index in [1.807, 2.05) is 38.1 Å². The number of nitrogens with two attached hydrogens (primary N) is 1. The predicted molar refractivity (Wildman–Crippen MR) is 59.7 cm³/mol. The zero-order valence-electron chi connectivity index (χ0n) is 9.00. The first-order chi connectivity index (χ1) is 6.45. The SMILES string of the molecule is C=C(OC)c1ccc(C(C)(C)N)cc1. The van der Waals surface area contributed by atoms with Crippen LogP contribution in [0.2, 0.25) is 0 Å². The molecule has 76 valence electrons. The van der Waals surface area contributed by atoms with Crippen LogP contribution in [0.25, 0.3) is 5.76 Å². The smallest absolute Gasteiger partial charge is 0.118 e. The number of benzene rings is 1. The van der Waals surface area contributed by atoms with Gasteiger partial charge in [0.15, 0.2) is 0 Å². The van der Waals surface area contributed by atoms with Gasteiger partial charge in [-0.1, -0.05) is 30.8 Å². The van der Waals surface area contributed by atoms with Gasteiger partial charge in [-0.15, -0.1) is 0 Å². The van der Waals surface area contributed by atoms with Crippen LogP contribution in [0.1, 0.15) is 25.0 Å². The summed E-state index contributed by atoms with van der Waals surface area (Å²) in [6.45, 7) is 7.74. The van der Waals surface area contributed by atoms with Gasteiger partial charge in [-0.2, -0.15) is 0 Å². The van der Waals surface area contributed by atoms with Gasteiger partial charge >= 0.3 is 0 Å². The molecular weight excluding hydrogens is 174 g/mol. The van der Waals surface area contributed by atoms with E-state index in [2.05, 4.69) is 6.58 Å². The third kappa shape index (κ3) is 2.36. The first-order valence-electron chi connectivity index (χ1n) is 4.58. The minimum atomic E-state index is -0.299. The summed E-state index contributed by atoms with van der Waals surface area (Å²) in [5.41, 5.74) is 7.75. The second-order valence-electron chi connectivity index (χ2n) is 3.93. The standard InChI is InChI=1S/C12H17NO/c1-9(14-4)10-5-7-11(8-6-10)12(2,3)13/h5-8H,1,13H2,2-4H3. The normalized spacial score (nSPS) is 11.1. The third-order valence-electron chi connectivity index (χ3n) is 2.20. The van der Waals surface area contributed by atoms with Crippen LogP contribution in [-0.2, 0) is 10.3 Å². The van der Waals surface area contributed by atoms with Gasteiger partial charge in [0.1, 0.15) is 5.76 Å². The monoisotopic (exact) mass is 191 g/mol. The van der Waals surface area contributed by atoms with Crippen LogP contribution in [0.5, 0.6) is 0 Å². The molecule has 0 heterocycles. The fraction of sp³-hybridized carbons (Fsp3) is 0.333. The number of methoxy groups -OCH3 is 1. The molecule has 0 aliphatic rings. The largest absolute Gasteiger partial charge is 0.497 e. The van der Waals surface area contributed by atoms with E-state index in [0.717, 1.165) is 11.1 Å². The number of rotatable bonds is 3. The molecular formula is C12H17NO. The highest BCUT2D eigenvalue weighted by atomic mass is 16.5. The van der Waals surface area contributed by atoms with Crippen molar-refractivity contribution in [2.24, 2.45) is 5.73 Å².